The standard InChI is InChI=1S/C10H10N4O/c11-9-3-5-13-10(14-9)8-6-7(15)2-1-4-12-8/h1-6,12,15H,(H2,11,13,14). The summed E-state index contributed by atoms with van der Waals surface area (Å²) in [6.07, 6.45) is 8.03. The highest BCUT2D eigenvalue weighted by Gasteiger charge is 2.05. The van der Waals surface area contributed by atoms with Gasteiger partial charge in [0.2, 0.25) is 0 Å². The summed E-state index contributed by atoms with van der Waals surface area (Å²) in [5.74, 6) is 0.971. The highest BCUT2D eigenvalue weighted by atomic mass is 16.3. The minimum Gasteiger partial charge on any atom is -0.508 e. The predicted molar refractivity (Wildman–Crippen MR) is 57.4 cm³/mol. The first kappa shape index (κ1) is 9.26. The van der Waals surface area contributed by atoms with Gasteiger partial charge in [-0.25, -0.2) is 9.97 Å². The Labute approximate surface area is 86.7 Å². The van der Waals surface area contributed by atoms with Crippen LogP contribution in [0.5, 0.6) is 0 Å². The summed E-state index contributed by atoms with van der Waals surface area (Å²) in [6, 6.07) is 1.60. The van der Waals surface area contributed by atoms with E-state index in [1.165, 1.54) is 6.08 Å². The Kier molecular flexibility index (Phi) is 2.37. The second kappa shape index (κ2) is 3.83. The molecule has 1 aromatic rings. The van der Waals surface area contributed by atoms with E-state index >= 15 is 0 Å². The summed E-state index contributed by atoms with van der Waals surface area (Å²) in [5, 5.41) is 12.3. The van der Waals surface area contributed by atoms with Crippen LogP contribution in [-0.2, 0) is 0 Å². The Morgan fingerprint density at radius 3 is 3.07 bits per heavy atom. The number of allylic oxidation sites excluding steroid dienone is 3. The van der Waals surface area contributed by atoms with Crippen LogP contribution in [0.1, 0.15) is 5.82 Å². The van der Waals surface area contributed by atoms with Gasteiger partial charge in [0.1, 0.15) is 11.6 Å². The van der Waals surface area contributed by atoms with Gasteiger partial charge in [0.15, 0.2) is 5.82 Å². The molecule has 4 N–H and O–H groups in total. The van der Waals surface area contributed by atoms with Crippen LogP contribution in [0.25, 0.3) is 5.70 Å². The van der Waals surface area contributed by atoms with Gasteiger partial charge in [0.25, 0.3) is 0 Å². The van der Waals surface area contributed by atoms with Crippen LogP contribution in [0, 0.1) is 0 Å². The number of aliphatic hydroxyl groups is 1. The third-order valence-corrected chi connectivity index (χ3v) is 1.81. The minimum absolute atomic E-state index is 0.136. The lowest BCUT2D eigenvalue weighted by Gasteiger charge is -2.04. The summed E-state index contributed by atoms with van der Waals surface area (Å²) in [5.41, 5.74) is 6.14. The molecule has 0 unspecified atom stereocenters. The molecular weight excluding hydrogens is 192 g/mol. The van der Waals surface area contributed by atoms with Crippen molar-refractivity contribution in [2.24, 2.45) is 0 Å². The van der Waals surface area contributed by atoms with Gasteiger partial charge >= 0.3 is 0 Å². The van der Waals surface area contributed by atoms with Gasteiger partial charge < -0.3 is 16.2 Å². The van der Waals surface area contributed by atoms with Crippen LogP contribution in [0.15, 0.2) is 42.5 Å². The van der Waals surface area contributed by atoms with Crippen LogP contribution in [0.3, 0.4) is 0 Å². The zero-order chi connectivity index (χ0) is 10.7. The van der Waals surface area contributed by atoms with Gasteiger partial charge in [0, 0.05) is 18.5 Å². The van der Waals surface area contributed by atoms with Crippen molar-refractivity contribution in [1.82, 2.24) is 15.3 Å². The maximum atomic E-state index is 9.40. The summed E-state index contributed by atoms with van der Waals surface area (Å²) < 4.78 is 0. The molecule has 5 heteroatoms. The van der Waals surface area contributed by atoms with Gasteiger partial charge in [0.05, 0.1) is 5.70 Å². The van der Waals surface area contributed by atoms with Crippen molar-refractivity contribution >= 4 is 11.5 Å². The molecule has 0 aromatic carbocycles. The van der Waals surface area contributed by atoms with Crippen molar-refractivity contribution in [3.05, 3.63) is 48.3 Å². The molecule has 0 bridgehead atoms. The molecule has 0 aliphatic carbocycles. The third kappa shape index (κ3) is 2.14. The number of anilines is 1. The fourth-order valence-corrected chi connectivity index (χ4v) is 1.15. The molecule has 0 atom stereocenters. The second-order valence-electron chi connectivity index (χ2n) is 2.96. The van der Waals surface area contributed by atoms with E-state index in [2.05, 4.69) is 15.3 Å². The summed E-state index contributed by atoms with van der Waals surface area (Å²) in [4.78, 5) is 8.08. The molecule has 15 heavy (non-hydrogen) atoms. The summed E-state index contributed by atoms with van der Waals surface area (Å²) in [6.45, 7) is 0. The number of nitrogens with zero attached hydrogens (tertiary/aromatic N) is 2. The molecule has 1 aliphatic rings. The smallest absolute Gasteiger partial charge is 0.178 e. The van der Waals surface area contributed by atoms with E-state index in [-0.39, 0.29) is 5.76 Å². The zero-order valence-electron chi connectivity index (χ0n) is 7.88. The van der Waals surface area contributed by atoms with Gasteiger partial charge in [-0.2, -0.15) is 0 Å². The highest BCUT2D eigenvalue weighted by molar-refractivity contribution is 5.63. The van der Waals surface area contributed by atoms with Crippen molar-refractivity contribution in [3.63, 3.8) is 0 Å². The first-order valence-electron chi connectivity index (χ1n) is 4.38. The molecule has 0 saturated carbocycles. The summed E-state index contributed by atoms with van der Waals surface area (Å²) >= 11 is 0. The Morgan fingerprint density at radius 1 is 1.40 bits per heavy atom. The maximum Gasteiger partial charge on any atom is 0.178 e. The van der Waals surface area contributed by atoms with E-state index in [0.29, 0.717) is 17.3 Å². The van der Waals surface area contributed by atoms with Crippen molar-refractivity contribution in [1.29, 1.82) is 0 Å². The van der Waals surface area contributed by atoms with E-state index in [0.717, 1.165) is 0 Å². The first-order valence-corrected chi connectivity index (χ1v) is 4.38. The van der Waals surface area contributed by atoms with Crippen molar-refractivity contribution in [3.8, 4) is 0 Å². The van der Waals surface area contributed by atoms with Gasteiger partial charge in [-0.1, -0.05) is 0 Å². The fourth-order valence-electron chi connectivity index (χ4n) is 1.15. The number of nitrogens with one attached hydrogen (secondary N) is 1. The largest absolute Gasteiger partial charge is 0.508 e. The lowest BCUT2D eigenvalue weighted by atomic mass is 10.3. The molecular formula is C10H10N4O. The number of aliphatic hydroxyl groups excluding tert-OH is 1. The summed E-state index contributed by atoms with van der Waals surface area (Å²) in [7, 11) is 0. The molecule has 0 fully saturated rings. The van der Waals surface area contributed by atoms with Crippen molar-refractivity contribution in [2.45, 2.75) is 0 Å². The van der Waals surface area contributed by atoms with Gasteiger partial charge in [-0.3, -0.25) is 0 Å². The fraction of sp³-hybridized carbons (Fsp3) is 0. The molecule has 1 aliphatic heterocycles. The quantitative estimate of drug-likeness (QED) is 0.631. The average Bonchev–Trinajstić information content (AvgIpc) is 2.43. The van der Waals surface area contributed by atoms with Crippen LogP contribution in [-0.4, -0.2) is 15.1 Å². The Morgan fingerprint density at radius 2 is 2.27 bits per heavy atom. The Balaban J connectivity index is 2.39. The molecule has 2 rings (SSSR count). The SMILES string of the molecule is Nc1ccnc(C2=CC(O)=CC=CN2)n1. The number of hydrogen-bond donors (Lipinski definition) is 3. The average molecular weight is 202 g/mol. The van der Waals surface area contributed by atoms with Crippen LogP contribution < -0.4 is 11.1 Å². The van der Waals surface area contributed by atoms with E-state index < -0.39 is 0 Å². The van der Waals surface area contributed by atoms with E-state index in [1.807, 2.05) is 0 Å². The second-order valence-corrected chi connectivity index (χ2v) is 2.96. The van der Waals surface area contributed by atoms with Crippen LogP contribution >= 0.6 is 0 Å². The molecule has 0 saturated heterocycles. The number of hydrogen-bond acceptors (Lipinski definition) is 5. The van der Waals surface area contributed by atoms with E-state index in [4.69, 9.17) is 5.73 Å². The Hall–Kier alpha value is -2.30. The molecule has 76 valence electrons. The molecule has 0 spiro atoms. The minimum atomic E-state index is 0.136. The van der Waals surface area contributed by atoms with E-state index in [1.54, 1.807) is 30.6 Å². The number of nitrogens with two attached hydrogens (primary N) is 1. The highest BCUT2D eigenvalue weighted by Crippen LogP contribution is 2.11. The molecule has 0 amide bonds. The number of aromatic nitrogens is 2. The van der Waals surface area contributed by atoms with Crippen LogP contribution in [0.4, 0.5) is 5.82 Å². The lowest BCUT2D eigenvalue weighted by Crippen LogP contribution is -2.08. The normalized spacial score (nSPS) is 14.9. The Bertz CT molecular complexity index is 462. The molecule has 0 radical (unpaired) electrons. The van der Waals surface area contributed by atoms with Crippen molar-refractivity contribution in [2.75, 3.05) is 5.73 Å². The maximum absolute atomic E-state index is 9.40. The van der Waals surface area contributed by atoms with E-state index in [9.17, 15) is 5.11 Å². The monoisotopic (exact) mass is 202 g/mol. The van der Waals surface area contributed by atoms with Crippen LogP contribution in [0.2, 0.25) is 0 Å². The number of nitrogen functional groups attached to an aromatic ring is 1. The van der Waals surface area contributed by atoms with Gasteiger partial charge in [-0.05, 0) is 18.2 Å². The van der Waals surface area contributed by atoms with Gasteiger partial charge in [-0.15, -0.1) is 0 Å². The molecule has 5 nitrogen and oxygen atoms in total. The number of rotatable bonds is 1. The first-order chi connectivity index (χ1) is 7.25. The lowest BCUT2D eigenvalue weighted by molar-refractivity contribution is 0.433. The topological polar surface area (TPSA) is 84.1 Å². The predicted octanol–water partition coefficient (Wildman–Crippen LogP) is 0.958. The third-order valence-electron chi connectivity index (χ3n) is 1.81. The zero-order valence-corrected chi connectivity index (χ0v) is 7.88. The molecule has 2 heterocycles. The molecule has 1 aromatic heterocycles. The van der Waals surface area contributed by atoms with Crippen molar-refractivity contribution < 1.29 is 5.11 Å².